The third-order valence-electron chi connectivity index (χ3n) is 5.87. The molecular formula is C25H34ClN3O5S. The van der Waals surface area contributed by atoms with Crippen LogP contribution in [-0.4, -0.2) is 57.1 Å². The molecule has 0 heterocycles. The summed E-state index contributed by atoms with van der Waals surface area (Å²) in [4.78, 5) is 27.9. The molecule has 0 saturated carbocycles. The molecule has 0 aliphatic carbocycles. The van der Waals surface area contributed by atoms with Crippen LogP contribution in [-0.2, 0) is 26.2 Å². The molecule has 10 heteroatoms. The van der Waals surface area contributed by atoms with Crippen LogP contribution in [0, 0.1) is 6.92 Å². The van der Waals surface area contributed by atoms with Gasteiger partial charge in [-0.1, -0.05) is 36.7 Å². The Morgan fingerprint density at radius 1 is 1.11 bits per heavy atom. The fourth-order valence-corrected chi connectivity index (χ4v) is 4.51. The Bertz CT molecular complexity index is 1140. The molecule has 0 fully saturated rings. The largest absolute Gasteiger partial charge is 0.497 e. The van der Waals surface area contributed by atoms with Crippen molar-refractivity contribution in [2.45, 2.75) is 52.7 Å². The van der Waals surface area contributed by atoms with Gasteiger partial charge in [0.25, 0.3) is 0 Å². The topological polar surface area (TPSA) is 96.0 Å². The first-order valence-corrected chi connectivity index (χ1v) is 13.6. The minimum absolute atomic E-state index is 0.0653. The summed E-state index contributed by atoms with van der Waals surface area (Å²) in [5.74, 6) is -0.169. The number of nitrogens with zero attached hydrogens (tertiary/aromatic N) is 2. The lowest BCUT2D eigenvalue weighted by Crippen LogP contribution is -2.52. The maximum atomic E-state index is 13.6. The van der Waals surface area contributed by atoms with E-state index in [0.29, 0.717) is 22.0 Å². The second-order valence-corrected chi connectivity index (χ2v) is 10.8. The molecule has 2 aromatic carbocycles. The number of benzene rings is 2. The van der Waals surface area contributed by atoms with Crippen LogP contribution in [0.2, 0.25) is 5.02 Å². The fourth-order valence-electron chi connectivity index (χ4n) is 3.44. The van der Waals surface area contributed by atoms with Crippen LogP contribution in [0.25, 0.3) is 0 Å². The smallest absolute Gasteiger partial charge is 0.244 e. The number of sulfonamides is 1. The third kappa shape index (κ3) is 7.60. The van der Waals surface area contributed by atoms with Crippen molar-refractivity contribution in [2.24, 2.45) is 0 Å². The van der Waals surface area contributed by atoms with Crippen LogP contribution < -0.4 is 14.4 Å². The number of halogens is 1. The molecule has 0 bridgehead atoms. The van der Waals surface area contributed by atoms with Gasteiger partial charge in [-0.15, -0.1) is 0 Å². The summed E-state index contributed by atoms with van der Waals surface area (Å²) in [6, 6.07) is 11.1. The summed E-state index contributed by atoms with van der Waals surface area (Å²) < 4.78 is 31.6. The first kappa shape index (κ1) is 28.5. The van der Waals surface area contributed by atoms with E-state index in [4.69, 9.17) is 16.3 Å². The summed E-state index contributed by atoms with van der Waals surface area (Å²) >= 11 is 6.21. The summed E-state index contributed by atoms with van der Waals surface area (Å²) in [5, 5.41) is 3.29. The van der Waals surface area contributed by atoms with Crippen molar-refractivity contribution in [2.75, 3.05) is 24.2 Å². The highest BCUT2D eigenvalue weighted by molar-refractivity contribution is 7.92. The summed E-state index contributed by atoms with van der Waals surface area (Å²) in [5.41, 5.74) is 1.62. The van der Waals surface area contributed by atoms with E-state index in [2.05, 4.69) is 5.32 Å². The molecular weight excluding hydrogens is 490 g/mol. The van der Waals surface area contributed by atoms with Crippen LogP contribution >= 0.6 is 11.6 Å². The third-order valence-corrected chi connectivity index (χ3v) is 7.40. The second kappa shape index (κ2) is 12.3. The Kier molecular flexibility index (Phi) is 9.97. The predicted molar refractivity (Wildman–Crippen MR) is 139 cm³/mol. The highest BCUT2D eigenvalue weighted by Crippen LogP contribution is 2.28. The quantitative estimate of drug-likeness (QED) is 0.484. The van der Waals surface area contributed by atoms with Crippen LogP contribution in [0.4, 0.5) is 5.69 Å². The van der Waals surface area contributed by atoms with Gasteiger partial charge in [-0.2, -0.15) is 0 Å². The summed E-state index contributed by atoms with van der Waals surface area (Å²) in [6.07, 6.45) is 1.77. The van der Waals surface area contributed by atoms with Gasteiger partial charge in [0.1, 0.15) is 18.3 Å². The number of anilines is 1. The average molecular weight is 524 g/mol. The van der Waals surface area contributed by atoms with Crippen LogP contribution in [0.1, 0.15) is 38.3 Å². The van der Waals surface area contributed by atoms with E-state index in [-0.39, 0.29) is 18.5 Å². The Balaban J connectivity index is 2.42. The van der Waals surface area contributed by atoms with Crippen molar-refractivity contribution in [3.05, 3.63) is 58.6 Å². The number of carbonyl (C=O) groups is 2. The van der Waals surface area contributed by atoms with Gasteiger partial charge in [0.2, 0.25) is 21.8 Å². The molecule has 8 nitrogen and oxygen atoms in total. The van der Waals surface area contributed by atoms with Crippen molar-refractivity contribution in [1.82, 2.24) is 10.2 Å². The predicted octanol–water partition coefficient (Wildman–Crippen LogP) is 3.76. The fraction of sp³-hybridized carbons (Fsp3) is 0.440. The van der Waals surface area contributed by atoms with Gasteiger partial charge in [0, 0.05) is 17.6 Å². The molecule has 2 rings (SSSR count). The molecule has 35 heavy (non-hydrogen) atoms. The van der Waals surface area contributed by atoms with Crippen LogP contribution in [0.15, 0.2) is 42.5 Å². The Hall–Kier alpha value is -2.78. The monoisotopic (exact) mass is 523 g/mol. The van der Waals surface area contributed by atoms with Crippen molar-refractivity contribution >= 4 is 39.1 Å². The van der Waals surface area contributed by atoms with Gasteiger partial charge in [0.15, 0.2) is 0 Å². The van der Waals surface area contributed by atoms with Crippen LogP contribution in [0.3, 0.4) is 0 Å². The standard InChI is InChI=1S/C25H34ClN3O5S/c1-7-17(2)27-25(31)19(4)28(15-20-11-13-21(34-5)14-12-20)24(30)16-29(35(6,32)33)23-10-8-9-22(26)18(23)3/h8-14,17,19H,7,15-16H2,1-6H3,(H,27,31)/t17-,19-/m0/s1. The minimum atomic E-state index is -3.83. The summed E-state index contributed by atoms with van der Waals surface area (Å²) in [7, 11) is -2.27. The zero-order valence-electron chi connectivity index (χ0n) is 21.0. The number of nitrogens with one attached hydrogen (secondary N) is 1. The number of hydrogen-bond donors (Lipinski definition) is 1. The van der Waals surface area contributed by atoms with E-state index >= 15 is 0 Å². The lowest BCUT2D eigenvalue weighted by atomic mass is 10.1. The number of rotatable bonds is 11. The van der Waals surface area contributed by atoms with Gasteiger partial charge < -0.3 is 15.0 Å². The van der Waals surface area contributed by atoms with Gasteiger partial charge in [-0.3, -0.25) is 13.9 Å². The molecule has 0 unspecified atom stereocenters. The Labute approximate surface area is 213 Å². The molecule has 0 radical (unpaired) electrons. The molecule has 0 spiro atoms. The zero-order chi connectivity index (χ0) is 26.3. The second-order valence-electron chi connectivity index (χ2n) is 8.52. The van der Waals surface area contributed by atoms with Gasteiger partial charge in [0.05, 0.1) is 19.1 Å². The molecule has 0 aromatic heterocycles. The number of carbonyl (C=O) groups excluding carboxylic acids is 2. The molecule has 2 atom stereocenters. The van der Waals surface area contributed by atoms with Crippen molar-refractivity contribution in [3.8, 4) is 5.75 Å². The van der Waals surface area contributed by atoms with Crippen LogP contribution in [0.5, 0.6) is 5.75 Å². The highest BCUT2D eigenvalue weighted by Gasteiger charge is 2.31. The number of ether oxygens (including phenoxy) is 1. The highest BCUT2D eigenvalue weighted by atomic mass is 35.5. The molecule has 2 aromatic rings. The number of methoxy groups -OCH3 is 1. The lowest BCUT2D eigenvalue weighted by molar-refractivity contribution is -0.139. The van der Waals surface area contributed by atoms with E-state index in [1.165, 1.54) is 4.90 Å². The van der Waals surface area contributed by atoms with E-state index in [1.807, 2.05) is 13.8 Å². The first-order valence-electron chi connectivity index (χ1n) is 11.3. The number of hydrogen-bond acceptors (Lipinski definition) is 5. The Morgan fingerprint density at radius 3 is 2.29 bits per heavy atom. The van der Waals surface area contributed by atoms with Gasteiger partial charge in [-0.25, -0.2) is 8.42 Å². The molecule has 192 valence electrons. The SMILES string of the molecule is CC[C@H](C)NC(=O)[C@H](C)N(Cc1ccc(OC)cc1)C(=O)CN(c1cccc(Cl)c1C)S(C)(=O)=O. The maximum absolute atomic E-state index is 13.6. The van der Waals surface area contributed by atoms with Gasteiger partial charge >= 0.3 is 0 Å². The van der Waals surface area contributed by atoms with Crippen molar-refractivity contribution in [1.29, 1.82) is 0 Å². The van der Waals surface area contributed by atoms with E-state index in [0.717, 1.165) is 22.5 Å². The van der Waals surface area contributed by atoms with Crippen molar-refractivity contribution < 1.29 is 22.7 Å². The molecule has 1 N–H and O–H groups in total. The first-order chi connectivity index (χ1) is 16.4. The molecule has 0 aliphatic rings. The Morgan fingerprint density at radius 2 is 1.74 bits per heavy atom. The maximum Gasteiger partial charge on any atom is 0.244 e. The molecule has 0 saturated heterocycles. The van der Waals surface area contributed by atoms with E-state index in [9.17, 15) is 18.0 Å². The number of amides is 2. The zero-order valence-corrected chi connectivity index (χ0v) is 22.6. The summed E-state index contributed by atoms with van der Waals surface area (Å²) in [6.45, 7) is 6.80. The molecule has 0 aliphatic heterocycles. The van der Waals surface area contributed by atoms with Gasteiger partial charge in [-0.05, 0) is 62.6 Å². The average Bonchev–Trinajstić information content (AvgIpc) is 2.81. The minimum Gasteiger partial charge on any atom is -0.497 e. The van der Waals surface area contributed by atoms with E-state index < -0.39 is 28.5 Å². The van der Waals surface area contributed by atoms with E-state index in [1.54, 1.807) is 63.4 Å². The van der Waals surface area contributed by atoms with Crippen molar-refractivity contribution in [3.63, 3.8) is 0 Å². The normalized spacial score (nSPS) is 13.0. The molecule has 2 amide bonds. The lowest BCUT2D eigenvalue weighted by Gasteiger charge is -2.32.